The van der Waals surface area contributed by atoms with Crippen LogP contribution in [0.5, 0.6) is 11.5 Å². The molecule has 2 heterocycles. The summed E-state index contributed by atoms with van der Waals surface area (Å²) in [5.74, 6) is 0.300. The van der Waals surface area contributed by atoms with E-state index < -0.39 is 11.9 Å². The molecule has 1 amide bonds. The predicted octanol–water partition coefficient (Wildman–Crippen LogP) is 2.63. The summed E-state index contributed by atoms with van der Waals surface area (Å²) in [6.45, 7) is 0.0982. The predicted molar refractivity (Wildman–Crippen MR) is 90.9 cm³/mol. The minimum Gasteiger partial charge on any atom is -0.454 e. The van der Waals surface area contributed by atoms with Gasteiger partial charge in [-0.15, -0.1) is 0 Å². The molecule has 0 aliphatic carbocycles. The number of hydrogen-bond acceptors (Lipinski definition) is 6. The molecule has 26 heavy (non-hydrogen) atoms. The number of esters is 1. The van der Waals surface area contributed by atoms with Crippen molar-refractivity contribution in [2.75, 3.05) is 13.4 Å². The zero-order valence-electron chi connectivity index (χ0n) is 13.7. The van der Waals surface area contributed by atoms with Crippen molar-refractivity contribution >= 4 is 22.8 Å². The van der Waals surface area contributed by atoms with E-state index in [0.717, 1.165) is 10.9 Å². The summed E-state index contributed by atoms with van der Waals surface area (Å²) < 4.78 is 20.9. The van der Waals surface area contributed by atoms with Gasteiger partial charge in [-0.3, -0.25) is 4.79 Å². The number of ether oxygens (including phenoxy) is 3. The second kappa shape index (κ2) is 6.79. The lowest BCUT2D eigenvalue weighted by Crippen LogP contribution is -2.28. The number of rotatable bonds is 5. The number of benzene rings is 2. The Morgan fingerprint density at radius 2 is 1.88 bits per heavy atom. The Morgan fingerprint density at radius 3 is 2.77 bits per heavy atom. The van der Waals surface area contributed by atoms with Crippen molar-refractivity contribution in [3.63, 3.8) is 0 Å². The lowest BCUT2D eigenvalue weighted by atomic mass is 10.2. The average Bonchev–Trinajstić information content (AvgIpc) is 3.30. The van der Waals surface area contributed by atoms with Gasteiger partial charge in [0.15, 0.2) is 18.1 Å². The maximum atomic E-state index is 12.0. The van der Waals surface area contributed by atoms with Crippen molar-refractivity contribution in [1.82, 2.24) is 5.32 Å². The molecule has 4 rings (SSSR count). The minimum atomic E-state index is -0.681. The van der Waals surface area contributed by atoms with Gasteiger partial charge in [0.25, 0.3) is 5.91 Å². The molecule has 0 unspecified atom stereocenters. The third-order valence-electron chi connectivity index (χ3n) is 3.89. The van der Waals surface area contributed by atoms with Gasteiger partial charge in [0.2, 0.25) is 12.6 Å². The van der Waals surface area contributed by atoms with E-state index in [4.69, 9.17) is 18.6 Å². The number of furan rings is 1. The fourth-order valence-electron chi connectivity index (χ4n) is 2.59. The zero-order valence-corrected chi connectivity index (χ0v) is 13.7. The molecule has 1 aromatic heterocycles. The number of para-hydroxylation sites is 1. The zero-order chi connectivity index (χ0) is 17.9. The molecule has 132 valence electrons. The van der Waals surface area contributed by atoms with Gasteiger partial charge in [0.1, 0.15) is 5.58 Å². The third kappa shape index (κ3) is 3.32. The van der Waals surface area contributed by atoms with Gasteiger partial charge in [-0.1, -0.05) is 24.3 Å². The fraction of sp³-hybridized carbons (Fsp3) is 0.158. The first-order chi connectivity index (χ1) is 12.7. The lowest BCUT2D eigenvalue weighted by molar-refractivity contribution is -0.124. The highest BCUT2D eigenvalue weighted by atomic mass is 16.7. The Labute approximate surface area is 148 Å². The highest BCUT2D eigenvalue weighted by Crippen LogP contribution is 2.32. The van der Waals surface area contributed by atoms with E-state index in [0.29, 0.717) is 17.1 Å². The van der Waals surface area contributed by atoms with Gasteiger partial charge in [-0.25, -0.2) is 4.79 Å². The molecular weight excluding hydrogens is 338 g/mol. The molecule has 1 aliphatic rings. The monoisotopic (exact) mass is 353 g/mol. The van der Waals surface area contributed by atoms with E-state index in [-0.39, 0.29) is 25.7 Å². The Hall–Kier alpha value is -3.48. The molecule has 7 nitrogen and oxygen atoms in total. The van der Waals surface area contributed by atoms with Crippen LogP contribution in [0, 0.1) is 0 Å². The number of carbonyl (C=O) groups excluding carboxylic acids is 2. The lowest BCUT2D eigenvalue weighted by Gasteiger charge is -2.06. The van der Waals surface area contributed by atoms with Crippen molar-refractivity contribution in [3.8, 4) is 11.5 Å². The molecule has 0 atom stereocenters. The van der Waals surface area contributed by atoms with Crippen molar-refractivity contribution in [3.05, 3.63) is 59.9 Å². The summed E-state index contributed by atoms with van der Waals surface area (Å²) in [6.07, 6.45) is 0. The fourth-order valence-corrected chi connectivity index (χ4v) is 2.59. The van der Waals surface area contributed by atoms with Crippen LogP contribution in [0.1, 0.15) is 16.1 Å². The minimum absolute atomic E-state index is 0.0646. The summed E-state index contributed by atoms with van der Waals surface area (Å²) in [5, 5.41) is 3.48. The van der Waals surface area contributed by atoms with E-state index in [1.54, 1.807) is 24.3 Å². The summed E-state index contributed by atoms with van der Waals surface area (Å²) in [4.78, 5) is 23.9. The van der Waals surface area contributed by atoms with Gasteiger partial charge >= 0.3 is 5.97 Å². The van der Waals surface area contributed by atoms with E-state index >= 15 is 0 Å². The van der Waals surface area contributed by atoms with E-state index in [1.165, 1.54) is 0 Å². The molecule has 3 aromatic rings. The van der Waals surface area contributed by atoms with Gasteiger partial charge in [-0.05, 0) is 29.8 Å². The van der Waals surface area contributed by atoms with Crippen LogP contribution in [-0.2, 0) is 16.1 Å². The molecule has 0 radical (unpaired) electrons. The standard InChI is InChI=1S/C19H15NO6/c21-18(20-9-12-5-6-15-16(7-12)25-11-24-15)10-23-19(22)17-8-13-3-1-2-4-14(13)26-17/h1-8H,9-11H2,(H,20,21). The van der Waals surface area contributed by atoms with Crippen LogP contribution in [0.4, 0.5) is 0 Å². The number of carbonyl (C=O) groups is 2. The molecule has 0 fully saturated rings. The van der Waals surface area contributed by atoms with Crippen molar-refractivity contribution < 1.29 is 28.2 Å². The van der Waals surface area contributed by atoms with Crippen molar-refractivity contribution in [1.29, 1.82) is 0 Å². The highest BCUT2D eigenvalue weighted by molar-refractivity contribution is 5.93. The Bertz CT molecular complexity index is 944. The maximum absolute atomic E-state index is 12.0. The molecule has 0 saturated carbocycles. The van der Waals surface area contributed by atoms with Crippen LogP contribution >= 0.6 is 0 Å². The summed E-state index contributed by atoms with van der Waals surface area (Å²) in [7, 11) is 0. The van der Waals surface area contributed by atoms with Crippen molar-refractivity contribution in [2.24, 2.45) is 0 Å². The number of nitrogens with one attached hydrogen (secondary N) is 1. The normalized spacial score (nSPS) is 12.2. The highest BCUT2D eigenvalue weighted by Gasteiger charge is 2.16. The molecule has 0 bridgehead atoms. The largest absolute Gasteiger partial charge is 0.454 e. The summed E-state index contributed by atoms with van der Waals surface area (Å²) in [6, 6.07) is 14.2. The molecule has 7 heteroatoms. The van der Waals surface area contributed by atoms with Crippen LogP contribution in [0.25, 0.3) is 11.0 Å². The topological polar surface area (TPSA) is 87.0 Å². The average molecular weight is 353 g/mol. The van der Waals surface area contributed by atoms with E-state index in [1.807, 2.05) is 24.3 Å². The van der Waals surface area contributed by atoms with Gasteiger partial charge < -0.3 is 23.9 Å². The Balaban J connectivity index is 1.29. The first kappa shape index (κ1) is 16.0. The van der Waals surface area contributed by atoms with Gasteiger partial charge in [0, 0.05) is 11.9 Å². The summed E-state index contributed by atoms with van der Waals surface area (Å²) in [5.41, 5.74) is 1.44. The Morgan fingerprint density at radius 1 is 1.04 bits per heavy atom. The SMILES string of the molecule is O=C(COC(=O)c1cc2ccccc2o1)NCc1ccc2c(c1)OCO2. The van der Waals surface area contributed by atoms with Gasteiger partial charge in [-0.2, -0.15) is 0 Å². The number of amides is 1. The second-order valence-electron chi connectivity index (χ2n) is 5.69. The second-order valence-corrected chi connectivity index (χ2v) is 5.69. The molecule has 0 spiro atoms. The first-order valence-corrected chi connectivity index (χ1v) is 8.00. The summed E-state index contributed by atoms with van der Waals surface area (Å²) >= 11 is 0. The number of fused-ring (bicyclic) bond motifs is 2. The van der Waals surface area contributed by atoms with Crippen LogP contribution in [0.3, 0.4) is 0 Å². The van der Waals surface area contributed by atoms with E-state index in [9.17, 15) is 9.59 Å². The molecule has 2 aromatic carbocycles. The smallest absolute Gasteiger partial charge is 0.374 e. The van der Waals surface area contributed by atoms with Crippen LogP contribution in [0.15, 0.2) is 52.9 Å². The van der Waals surface area contributed by atoms with Crippen LogP contribution < -0.4 is 14.8 Å². The Kier molecular flexibility index (Phi) is 4.18. The van der Waals surface area contributed by atoms with Gasteiger partial charge in [0.05, 0.1) is 0 Å². The van der Waals surface area contributed by atoms with Crippen molar-refractivity contribution in [2.45, 2.75) is 6.54 Å². The maximum Gasteiger partial charge on any atom is 0.374 e. The molecule has 1 aliphatic heterocycles. The molecule has 1 N–H and O–H groups in total. The van der Waals surface area contributed by atoms with Crippen LogP contribution in [0.2, 0.25) is 0 Å². The number of hydrogen-bond donors (Lipinski definition) is 1. The quantitative estimate of drug-likeness (QED) is 0.710. The first-order valence-electron chi connectivity index (χ1n) is 8.00. The molecule has 0 saturated heterocycles. The molecular formula is C19H15NO6. The third-order valence-corrected chi connectivity index (χ3v) is 3.89. The van der Waals surface area contributed by atoms with Crippen LogP contribution in [-0.4, -0.2) is 25.3 Å². The van der Waals surface area contributed by atoms with E-state index in [2.05, 4.69) is 5.32 Å².